The van der Waals surface area contributed by atoms with Gasteiger partial charge in [-0.25, -0.2) is 14.4 Å². The first kappa shape index (κ1) is 19.1. The summed E-state index contributed by atoms with van der Waals surface area (Å²) in [7, 11) is 3.79. The summed E-state index contributed by atoms with van der Waals surface area (Å²) in [4.78, 5) is 25.0. The third kappa shape index (κ3) is 3.86. The summed E-state index contributed by atoms with van der Waals surface area (Å²) < 4.78 is 18.6. The van der Waals surface area contributed by atoms with Crippen molar-refractivity contribution in [3.05, 3.63) is 48.2 Å². The molecule has 1 saturated heterocycles. The van der Waals surface area contributed by atoms with Gasteiger partial charge in [0.2, 0.25) is 0 Å². The minimum absolute atomic E-state index is 0.116. The number of nitrogens with zero attached hydrogens (tertiary/aromatic N) is 4. The number of aliphatic hydroxyl groups excluding tert-OH is 1. The summed E-state index contributed by atoms with van der Waals surface area (Å²) >= 11 is 0. The van der Waals surface area contributed by atoms with E-state index in [0.29, 0.717) is 41.9 Å². The molecular formula is C20H22FN5O3. The van der Waals surface area contributed by atoms with Crippen LogP contribution in [-0.4, -0.2) is 60.3 Å². The zero-order valence-corrected chi connectivity index (χ0v) is 16.2. The number of carbonyl (C=O) groups is 1. The highest BCUT2D eigenvalue weighted by molar-refractivity contribution is 6.05. The fourth-order valence-corrected chi connectivity index (χ4v) is 3.59. The monoisotopic (exact) mass is 399 g/mol. The maximum Gasteiger partial charge on any atom is 0.255 e. The molecule has 0 radical (unpaired) electrons. The molecule has 2 aromatic heterocycles. The molecule has 1 aliphatic rings. The van der Waals surface area contributed by atoms with E-state index >= 15 is 0 Å². The fourth-order valence-electron chi connectivity index (χ4n) is 3.59. The smallest absolute Gasteiger partial charge is 0.255 e. The van der Waals surface area contributed by atoms with Crippen LogP contribution < -0.4 is 15.1 Å². The first-order valence-corrected chi connectivity index (χ1v) is 9.31. The van der Waals surface area contributed by atoms with Crippen LogP contribution in [0.3, 0.4) is 0 Å². The molecule has 1 fully saturated rings. The Morgan fingerprint density at radius 2 is 2.21 bits per heavy atom. The summed E-state index contributed by atoms with van der Waals surface area (Å²) in [6, 6.07) is 5.80. The molecule has 3 heterocycles. The number of fused-ring (bicyclic) bond motifs is 1. The van der Waals surface area contributed by atoms with Crippen molar-refractivity contribution >= 4 is 28.5 Å². The Labute approximate surface area is 167 Å². The highest BCUT2D eigenvalue weighted by atomic mass is 19.1. The van der Waals surface area contributed by atoms with E-state index in [1.807, 2.05) is 30.0 Å². The van der Waals surface area contributed by atoms with Crippen LogP contribution in [-0.2, 0) is 0 Å². The number of anilines is 2. The van der Waals surface area contributed by atoms with Crippen LogP contribution in [0.5, 0.6) is 0 Å². The summed E-state index contributed by atoms with van der Waals surface area (Å²) in [6.45, 7) is 0.753. The Kier molecular flexibility index (Phi) is 5.06. The number of halogens is 1. The minimum Gasteiger partial charge on any atom is -0.463 e. The van der Waals surface area contributed by atoms with Crippen molar-refractivity contribution in [1.29, 1.82) is 0 Å². The van der Waals surface area contributed by atoms with Gasteiger partial charge in [-0.05, 0) is 18.6 Å². The molecular weight excluding hydrogens is 377 g/mol. The van der Waals surface area contributed by atoms with Crippen LogP contribution in [0.4, 0.5) is 16.0 Å². The Balaban J connectivity index is 1.49. The van der Waals surface area contributed by atoms with E-state index in [1.54, 1.807) is 0 Å². The molecule has 3 aromatic rings. The Bertz CT molecular complexity index is 1040. The lowest BCUT2D eigenvalue weighted by atomic mass is 10.1. The average Bonchev–Trinajstić information content (AvgIpc) is 3.29. The van der Waals surface area contributed by atoms with Gasteiger partial charge in [0.25, 0.3) is 5.91 Å². The van der Waals surface area contributed by atoms with Crippen LogP contribution in [0.25, 0.3) is 11.0 Å². The molecule has 8 nitrogen and oxygen atoms in total. The molecule has 2 atom stereocenters. The van der Waals surface area contributed by atoms with Crippen molar-refractivity contribution in [3.63, 3.8) is 0 Å². The second-order valence-electron chi connectivity index (χ2n) is 7.32. The molecule has 9 heteroatoms. The lowest BCUT2D eigenvalue weighted by molar-refractivity contribution is 0.0950. The maximum absolute atomic E-state index is 13.3. The zero-order valence-electron chi connectivity index (χ0n) is 16.2. The number of amides is 1. The normalized spacial score (nSPS) is 19.0. The number of carbonyl (C=O) groups excluding carboxylic acids is 1. The second-order valence-corrected chi connectivity index (χ2v) is 7.32. The summed E-state index contributed by atoms with van der Waals surface area (Å²) in [6.07, 6.45) is 2.82. The van der Waals surface area contributed by atoms with Crippen LogP contribution in [0, 0.1) is 5.82 Å². The quantitative estimate of drug-likeness (QED) is 0.676. The molecule has 4 rings (SSSR count). The summed E-state index contributed by atoms with van der Waals surface area (Å²) in [5, 5.41) is 13.6. The van der Waals surface area contributed by atoms with Crippen molar-refractivity contribution in [2.75, 3.05) is 37.0 Å². The first-order valence-electron chi connectivity index (χ1n) is 9.31. The van der Waals surface area contributed by atoms with E-state index in [4.69, 9.17) is 4.42 Å². The Morgan fingerprint density at radius 3 is 3.00 bits per heavy atom. The molecule has 152 valence electrons. The highest BCUT2D eigenvalue weighted by Crippen LogP contribution is 2.26. The number of benzene rings is 1. The number of β-amino-alcohol motifs (C(OH)–C–C–N with tert-alkyl or cyclic N) is 1. The molecule has 1 amide bonds. The average molecular weight is 399 g/mol. The molecule has 0 unspecified atom stereocenters. The largest absolute Gasteiger partial charge is 0.463 e. The van der Waals surface area contributed by atoms with E-state index in [1.165, 1.54) is 30.8 Å². The summed E-state index contributed by atoms with van der Waals surface area (Å²) in [5.41, 5.74) is 0.673. The van der Waals surface area contributed by atoms with Gasteiger partial charge in [0.1, 0.15) is 35.6 Å². The van der Waals surface area contributed by atoms with Gasteiger partial charge in [-0.15, -0.1) is 0 Å². The van der Waals surface area contributed by atoms with E-state index in [0.717, 1.165) is 5.82 Å². The molecule has 0 saturated carbocycles. The molecule has 1 aliphatic heterocycles. The van der Waals surface area contributed by atoms with Gasteiger partial charge in [0, 0.05) is 44.7 Å². The maximum atomic E-state index is 13.3. The molecule has 1 aromatic carbocycles. The standard InChI is InChI=1S/C20H22FN5O3/c1-25(2)18-7-19(24-11-23-18)26-9-14(27)6-13(26)8-22-20(28)16-10-29-17-5-12(21)3-4-15(16)17/h3-5,7,10-11,13-14,27H,6,8-9H2,1-2H3,(H,22,28)/t13-,14-/m1/s1. The third-order valence-electron chi connectivity index (χ3n) is 5.06. The van der Waals surface area contributed by atoms with Crippen molar-refractivity contribution in [1.82, 2.24) is 15.3 Å². The Hall–Kier alpha value is -3.20. The SMILES string of the molecule is CN(C)c1cc(N2C[C@H](O)C[C@@H]2CNC(=O)c2coc3cc(F)ccc23)ncn1. The third-order valence-corrected chi connectivity index (χ3v) is 5.06. The first-order chi connectivity index (χ1) is 13.9. The molecule has 29 heavy (non-hydrogen) atoms. The number of aliphatic hydroxyl groups is 1. The van der Waals surface area contributed by atoms with E-state index in [9.17, 15) is 14.3 Å². The van der Waals surface area contributed by atoms with E-state index in [-0.39, 0.29) is 11.9 Å². The van der Waals surface area contributed by atoms with Gasteiger partial charge >= 0.3 is 0 Å². The van der Waals surface area contributed by atoms with Crippen LogP contribution in [0.2, 0.25) is 0 Å². The van der Waals surface area contributed by atoms with Gasteiger partial charge < -0.3 is 24.6 Å². The number of rotatable bonds is 5. The number of hydrogen-bond acceptors (Lipinski definition) is 7. The van der Waals surface area contributed by atoms with Gasteiger partial charge in [-0.1, -0.05) is 0 Å². The van der Waals surface area contributed by atoms with E-state index < -0.39 is 11.9 Å². The second kappa shape index (κ2) is 7.67. The predicted molar refractivity (Wildman–Crippen MR) is 107 cm³/mol. The minimum atomic E-state index is -0.507. The van der Waals surface area contributed by atoms with Gasteiger partial charge in [0.15, 0.2) is 0 Å². The Morgan fingerprint density at radius 1 is 1.38 bits per heavy atom. The zero-order chi connectivity index (χ0) is 20.5. The number of hydrogen-bond donors (Lipinski definition) is 2. The molecule has 0 bridgehead atoms. The van der Waals surface area contributed by atoms with Gasteiger partial charge in [0.05, 0.1) is 17.7 Å². The summed E-state index contributed by atoms with van der Waals surface area (Å²) in [5.74, 6) is 0.727. The van der Waals surface area contributed by atoms with Crippen LogP contribution in [0.1, 0.15) is 16.8 Å². The van der Waals surface area contributed by atoms with Crippen molar-refractivity contribution < 1.29 is 18.7 Å². The number of aromatic nitrogens is 2. The van der Waals surface area contributed by atoms with Crippen molar-refractivity contribution in [3.8, 4) is 0 Å². The molecule has 2 N–H and O–H groups in total. The fraction of sp³-hybridized carbons (Fsp3) is 0.350. The number of nitrogens with one attached hydrogen (secondary N) is 1. The van der Waals surface area contributed by atoms with Gasteiger partial charge in [-0.2, -0.15) is 0 Å². The van der Waals surface area contributed by atoms with Crippen molar-refractivity contribution in [2.45, 2.75) is 18.6 Å². The van der Waals surface area contributed by atoms with Gasteiger partial charge in [-0.3, -0.25) is 4.79 Å². The molecule has 0 aliphatic carbocycles. The topological polar surface area (TPSA) is 94.7 Å². The number of furan rings is 1. The lowest BCUT2D eigenvalue weighted by Crippen LogP contribution is -2.40. The van der Waals surface area contributed by atoms with Crippen LogP contribution in [0.15, 0.2) is 41.3 Å². The van der Waals surface area contributed by atoms with Crippen LogP contribution >= 0.6 is 0 Å². The molecule has 0 spiro atoms. The highest BCUT2D eigenvalue weighted by Gasteiger charge is 2.32. The van der Waals surface area contributed by atoms with E-state index in [2.05, 4.69) is 15.3 Å². The predicted octanol–water partition coefficient (Wildman–Crippen LogP) is 1.80. The van der Waals surface area contributed by atoms with Crippen molar-refractivity contribution in [2.24, 2.45) is 0 Å². The lowest BCUT2D eigenvalue weighted by Gasteiger charge is -2.26.